The van der Waals surface area contributed by atoms with Crippen molar-refractivity contribution >= 4 is 11.9 Å². The number of rotatable bonds is 4. The highest BCUT2D eigenvalue weighted by molar-refractivity contribution is 5.99. The normalized spacial score (nSPS) is 20.2. The third kappa shape index (κ3) is 2.97. The standard InChI is InChI=1S/C22H23NO6/c1-26-17-10-9-15(18(27-2)19(17)28-3)20(24)23-12-6-11-22(13-23)16-8-5-4-7-14(16)21(25)29-22/h4-5,7-10H,6,11-13H2,1-3H3. The number of esters is 1. The average Bonchev–Trinajstić information content (AvgIpc) is 3.03. The number of fused-ring (bicyclic) bond motifs is 2. The molecule has 2 aromatic rings. The summed E-state index contributed by atoms with van der Waals surface area (Å²) in [5, 5.41) is 0. The fraction of sp³-hybridized carbons (Fsp3) is 0.364. The Hall–Kier alpha value is -3.22. The second-order valence-corrected chi connectivity index (χ2v) is 7.14. The number of carbonyl (C=O) groups excluding carboxylic acids is 2. The fourth-order valence-corrected chi connectivity index (χ4v) is 4.28. The van der Waals surface area contributed by atoms with Gasteiger partial charge in [-0.25, -0.2) is 4.79 Å². The highest BCUT2D eigenvalue weighted by atomic mass is 16.6. The van der Waals surface area contributed by atoms with Gasteiger partial charge in [0.25, 0.3) is 5.91 Å². The van der Waals surface area contributed by atoms with Crippen LogP contribution in [0.2, 0.25) is 0 Å². The lowest BCUT2D eigenvalue weighted by molar-refractivity contribution is -0.0442. The highest BCUT2D eigenvalue weighted by Gasteiger charge is 2.49. The molecule has 0 saturated carbocycles. The Morgan fingerprint density at radius 2 is 1.79 bits per heavy atom. The number of likely N-dealkylation sites (tertiary alicyclic amines) is 1. The number of benzene rings is 2. The van der Waals surface area contributed by atoms with Crippen LogP contribution in [0.25, 0.3) is 0 Å². The second kappa shape index (κ2) is 7.31. The molecule has 1 spiro atoms. The number of hydrogen-bond donors (Lipinski definition) is 0. The number of amides is 1. The first-order valence-electron chi connectivity index (χ1n) is 9.45. The molecule has 1 atom stereocenters. The Bertz CT molecular complexity index is 972. The first-order chi connectivity index (χ1) is 14.0. The van der Waals surface area contributed by atoms with E-state index in [2.05, 4.69) is 0 Å². The molecular formula is C22H23NO6. The number of ether oxygens (including phenoxy) is 4. The molecule has 1 amide bonds. The minimum Gasteiger partial charge on any atom is -0.493 e. The van der Waals surface area contributed by atoms with Crippen molar-refractivity contribution < 1.29 is 28.5 Å². The summed E-state index contributed by atoms with van der Waals surface area (Å²) in [7, 11) is 4.51. The lowest BCUT2D eigenvalue weighted by Gasteiger charge is -2.39. The molecule has 2 aromatic carbocycles. The van der Waals surface area contributed by atoms with E-state index in [-0.39, 0.29) is 11.9 Å². The van der Waals surface area contributed by atoms with Crippen LogP contribution in [0.4, 0.5) is 0 Å². The average molecular weight is 397 g/mol. The molecule has 1 saturated heterocycles. The van der Waals surface area contributed by atoms with Crippen molar-refractivity contribution in [3.8, 4) is 17.2 Å². The van der Waals surface area contributed by atoms with Crippen LogP contribution in [-0.4, -0.2) is 51.2 Å². The summed E-state index contributed by atoms with van der Waals surface area (Å²) in [6, 6.07) is 10.7. The number of nitrogens with zero attached hydrogens (tertiary/aromatic N) is 1. The Labute approximate surface area is 169 Å². The predicted molar refractivity (Wildman–Crippen MR) is 105 cm³/mol. The van der Waals surface area contributed by atoms with Crippen LogP contribution in [0.1, 0.15) is 39.1 Å². The van der Waals surface area contributed by atoms with Crippen molar-refractivity contribution in [2.75, 3.05) is 34.4 Å². The van der Waals surface area contributed by atoms with Gasteiger partial charge in [0.1, 0.15) is 0 Å². The molecule has 2 aliphatic rings. The van der Waals surface area contributed by atoms with Gasteiger partial charge in [-0.15, -0.1) is 0 Å². The largest absolute Gasteiger partial charge is 0.493 e. The minimum absolute atomic E-state index is 0.206. The maximum absolute atomic E-state index is 13.4. The predicted octanol–water partition coefficient (Wildman–Crippen LogP) is 3.01. The number of hydrogen-bond acceptors (Lipinski definition) is 6. The molecule has 152 valence electrons. The topological polar surface area (TPSA) is 74.3 Å². The van der Waals surface area contributed by atoms with E-state index >= 15 is 0 Å². The molecule has 0 radical (unpaired) electrons. The zero-order valence-corrected chi connectivity index (χ0v) is 16.7. The van der Waals surface area contributed by atoms with Gasteiger partial charge in [-0.1, -0.05) is 18.2 Å². The lowest BCUT2D eigenvalue weighted by atomic mass is 9.84. The van der Waals surface area contributed by atoms with Crippen molar-refractivity contribution in [2.45, 2.75) is 18.4 Å². The highest BCUT2D eigenvalue weighted by Crippen LogP contribution is 2.44. The Morgan fingerprint density at radius 3 is 2.52 bits per heavy atom. The molecule has 0 aliphatic carbocycles. The van der Waals surface area contributed by atoms with E-state index in [9.17, 15) is 9.59 Å². The Balaban J connectivity index is 1.69. The van der Waals surface area contributed by atoms with E-state index in [1.54, 1.807) is 23.1 Å². The molecule has 0 N–H and O–H groups in total. The van der Waals surface area contributed by atoms with Crippen molar-refractivity contribution in [1.29, 1.82) is 0 Å². The van der Waals surface area contributed by atoms with Crippen LogP contribution in [0.5, 0.6) is 17.2 Å². The molecule has 0 aromatic heterocycles. The first-order valence-corrected chi connectivity index (χ1v) is 9.45. The van der Waals surface area contributed by atoms with Crippen molar-refractivity contribution in [3.63, 3.8) is 0 Å². The monoisotopic (exact) mass is 397 g/mol. The van der Waals surface area contributed by atoms with Crippen LogP contribution in [0, 0.1) is 0 Å². The van der Waals surface area contributed by atoms with E-state index in [1.807, 2.05) is 18.2 Å². The van der Waals surface area contributed by atoms with Crippen molar-refractivity contribution in [1.82, 2.24) is 4.90 Å². The number of carbonyl (C=O) groups is 2. The van der Waals surface area contributed by atoms with E-state index in [0.717, 1.165) is 12.0 Å². The van der Waals surface area contributed by atoms with Gasteiger partial charge in [0.15, 0.2) is 17.1 Å². The van der Waals surface area contributed by atoms with E-state index < -0.39 is 5.60 Å². The van der Waals surface area contributed by atoms with Crippen LogP contribution >= 0.6 is 0 Å². The maximum atomic E-state index is 13.4. The fourth-order valence-electron chi connectivity index (χ4n) is 4.28. The molecule has 7 heteroatoms. The summed E-state index contributed by atoms with van der Waals surface area (Å²) in [6.45, 7) is 0.865. The van der Waals surface area contributed by atoms with Gasteiger partial charge < -0.3 is 23.8 Å². The maximum Gasteiger partial charge on any atom is 0.339 e. The summed E-state index contributed by atoms with van der Waals surface area (Å²) in [5.41, 5.74) is 0.998. The van der Waals surface area contributed by atoms with E-state index in [4.69, 9.17) is 18.9 Å². The summed E-state index contributed by atoms with van der Waals surface area (Å²) >= 11 is 0. The van der Waals surface area contributed by atoms with Gasteiger partial charge in [-0.05, 0) is 31.0 Å². The third-order valence-electron chi connectivity index (χ3n) is 5.60. The molecule has 29 heavy (non-hydrogen) atoms. The van der Waals surface area contributed by atoms with Gasteiger partial charge in [0.05, 0.1) is 39.0 Å². The lowest BCUT2D eigenvalue weighted by Crippen LogP contribution is -2.48. The Morgan fingerprint density at radius 1 is 1.03 bits per heavy atom. The van der Waals surface area contributed by atoms with Crippen molar-refractivity contribution in [2.24, 2.45) is 0 Å². The number of methoxy groups -OCH3 is 3. The van der Waals surface area contributed by atoms with E-state index in [1.165, 1.54) is 21.3 Å². The molecule has 0 bridgehead atoms. The molecule has 1 fully saturated rings. The zero-order valence-electron chi connectivity index (χ0n) is 16.7. The second-order valence-electron chi connectivity index (χ2n) is 7.14. The summed E-state index contributed by atoms with van der Waals surface area (Å²) in [5.74, 6) is 0.626. The number of piperidine rings is 1. The quantitative estimate of drug-likeness (QED) is 0.739. The van der Waals surface area contributed by atoms with Crippen LogP contribution < -0.4 is 14.2 Å². The summed E-state index contributed by atoms with van der Waals surface area (Å²) in [4.78, 5) is 27.5. The third-order valence-corrected chi connectivity index (χ3v) is 5.60. The smallest absolute Gasteiger partial charge is 0.339 e. The molecule has 7 nitrogen and oxygen atoms in total. The summed E-state index contributed by atoms with van der Waals surface area (Å²) in [6.07, 6.45) is 1.41. The van der Waals surface area contributed by atoms with Crippen LogP contribution in [0.15, 0.2) is 36.4 Å². The van der Waals surface area contributed by atoms with E-state index in [0.29, 0.717) is 47.9 Å². The Kier molecular flexibility index (Phi) is 4.82. The van der Waals surface area contributed by atoms with Gasteiger partial charge in [0, 0.05) is 12.1 Å². The molecule has 2 aliphatic heterocycles. The zero-order chi connectivity index (χ0) is 20.6. The molecule has 2 heterocycles. The summed E-state index contributed by atoms with van der Waals surface area (Å²) < 4.78 is 22.0. The van der Waals surface area contributed by atoms with Crippen LogP contribution in [0.3, 0.4) is 0 Å². The molecule has 1 unspecified atom stereocenters. The van der Waals surface area contributed by atoms with Crippen LogP contribution in [-0.2, 0) is 10.3 Å². The molecule has 4 rings (SSSR count). The SMILES string of the molecule is COc1ccc(C(=O)N2CCCC3(C2)OC(=O)c2ccccc23)c(OC)c1OC. The molecular weight excluding hydrogens is 374 g/mol. The van der Waals surface area contributed by atoms with Gasteiger partial charge in [-0.3, -0.25) is 4.79 Å². The van der Waals surface area contributed by atoms with Gasteiger partial charge in [-0.2, -0.15) is 0 Å². The van der Waals surface area contributed by atoms with Crippen molar-refractivity contribution in [3.05, 3.63) is 53.1 Å². The van der Waals surface area contributed by atoms with Gasteiger partial charge >= 0.3 is 5.97 Å². The first kappa shape index (κ1) is 19.1. The van der Waals surface area contributed by atoms with Gasteiger partial charge in [0.2, 0.25) is 5.75 Å². The minimum atomic E-state index is -0.800.